The summed E-state index contributed by atoms with van der Waals surface area (Å²) in [5.74, 6) is -0.0417. The van der Waals surface area contributed by atoms with Crippen molar-refractivity contribution in [2.45, 2.75) is 6.54 Å². The van der Waals surface area contributed by atoms with E-state index in [0.29, 0.717) is 22.2 Å². The van der Waals surface area contributed by atoms with E-state index >= 15 is 0 Å². The molecule has 0 N–H and O–H groups in total. The first-order chi connectivity index (χ1) is 9.95. The van der Waals surface area contributed by atoms with E-state index in [4.69, 9.17) is 23.2 Å². The summed E-state index contributed by atoms with van der Waals surface area (Å²) in [6, 6.07) is 12.9. The summed E-state index contributed by atoms with van der Waals surface area (Å²) in [4.78, 5) is 14.2. The fourth-order valence-corrected chi connectivity index (χ4v) is 2.89. The van der Waals surface area contributed by atoms with Crippen molar-refractivity contribution in [1.29, 1.82) is 0 Å². The first kappa shape index (κ1) is 16.5. The van der Waals surface area contributed by atoms with Gasteiger partial charge >= 0.3 is 0 Å². The highest BCUT2D eigenvalue weighted by atomic mass is 79.9. The third-order valence-corrected chi connectivity index (χ3v) is 4.04. The van der Waals surface area contributed by atoms with Crippen molar-refractivity contribution in [3.63, 3.8) is 0 Å². The van der Waals surface area contributed by atoms with Crippen LogP contribution in [-0.2, 0) is 6.54 Å². The molecule has 110 valence electrons. The van der Waals surface area contributed by atoms with E-state index in [1.807, 2.05) is 36.2 Å². The second-order valence-electron chi connectivity index (χ2n) is 4.85. The Labute approximate surface area is 142 Å². The van der Waals surface area contributed by atoms with Crippen molar-refractivity contribution in [2.75, 3.05) is 13.6 Å². The molecule has 0 aliphatic carbocycles. The smallest absolute Gasteiger partial charge is 0.178 e. The van der Waals surface area contributed by atoms with Gasteiger partial charge in [0.2, 0.25) is 0 Å². The Kier molecular flexibility index (Phi) is 5.82. The highest BCUT2D eigenvalue weighted by Gasteiger charge is 2.13. The van der Waals surface area contributed by atoms with E-state index in [1.54, 1.807) is 18.2 Å². The predicted molar refractivity (Wildman–Crippen MR) is 91.3 cm³/mol. The number of carbonyl (C=O) groups is 1. The molecule has 2 nitrogen and oxygen atoms in total. The summed E-state index contributed by atoms with van der Waals surface area (Å²) in [5, 5.41) is 0.942. The Hall–Kier alpha value is -0.870. The van der Waals surface area contributed by atoms with Crippen LogP contribution < -0.4 is 0 Å². The fourth-order valence-electron chi connectivity index (χ4n) is 2.04. The minimum atomic E-state index is -0.0417. The number of carbonyl (C=O) groups excluding carboxylic acids is 1. The normalized spacial score (nSPS) is 10.9. The molecule has 2 aromatic carbocycles. The SMILES string of the molecule is CN(CC(=O)c1cc(Cl)ccc1Cl)Cc1cccc(Br)c1. The maximum atomic E-state index is 12.3. The number of ketones is 1. The standard InChI is InChI=1S/C16H14BrCl2NO/c1-20(9-11-3-2-4-12(17)7-11)10-16(21)14-8-13(18)5-6-15(14)19/h2-8H,9-10H2,1H3. The van der Waals surface area contributed by atoms with Gasteiger partial charge in [-0.2, -0.15) is 0 Å². The van der Waals surface area contributed by atoms with Crippen LogP contribution >= 0.6 is 39.1 Å². The summed E-state index contributed by atoms with van der Waals surface area (Å²) in [6.07, 6.45) is 0. The van der Waals surface area contributed by atoms with Crippen LogP contribution in [0.4, 0.5) is 0 Å². The van der Waals surface area contributed by atoms with E-state index in [9.17, 15) is 4.79 Å². The summed E-state index contributed by atoms with van der Waals surface area (Å²) in [5.41, 5.74) is 1.60. The lowest BCUT2D eigenvalue weighted by Crippen LogP contribution is -2.25. The minimum Gasteiger partial charge on any atom is -0.295 e. The van der Waals surface area contributed by atoms with Gasteiger partial charge in [0, 0.05) is 21.6 Å². The largest absolute Gasteiger partial charge is 0.295 e. The topological polar surface area (TPSA) is 20.3 Å². The van der Waals surface area contributed by atoms with Gasteiger partial charge in [-0.15, -0.1) is 0 Å². The van der Waals surface area contributed by atoms with Gasteiger partial charge in [-0.1, -0.05) is 51.3 Å². The van der Waals surface area contributed by atoms with Crippen LogP contribution in [0.1, 0.15) is 15.9 Å². The maximum Gasteiger partial charge on any atom is 0.178 e. The Morgan fingerprint density at radius 1 is 1.19 bits per heavy atom. The average Bonchev–Trinajstić information content (AvgIpc) is 2.41. The highest BCUT2D eigenvalue weighted by Crippen LogP contribution is 2.21. The van der Waals surface area contributed by atoms with Gasteiger partial charge in [0.25, 0.3) is 0 Å². The Morgan fingerprint density at radius 3 is 2.67 bits per heavy atom. The molecule has 0 saturated carbocycles. The van der Waals surface area contributed by atoms with Gasteiger partial charge in [0.1, 0.15) is 0 Å². The molecule has 0 aromatic heterocycles. The Bertz CT molecular complexity index is 660. The first-order valence-corrected chi connectivity index (χ1v) is 7.92. The number of likely N-dealkylation sites (N-methyl/N-ethyl adjacent to an activating group) is 1. The maximum absolute atomic E-state index is 12.3. The van der Waals surface area contributed by atoms with Gasteiger partial charge in [0.15, 0.2) is 5.78 Å². The summed E-state index contributed by atoms with van der Waals surface area (Å²) >= 11 is 15.4. The zero-order valence-corrected chi connectivity index (χ0v) is 14.5. The molecule has 0 heterocycles. The van der Waals surface area contributed by atoms with Crippen molar-refractivity contribution in [1.82, 2.24) is 4.90 Å². The third kappa shape index (κ3) is 4.82. The molecular weight excluding hydrogens is 373 g/mol. The molecule has 2 rings (SSSR count). The number of hydrogen-bond acceptors (Lipinski definition) is 2. The molecule has 0 fully saturated rings. The second-order valence-corrected chi connectivity index (χ2v) is 6.61. The van der Waals surface area contributed by atoms with Crippen molar-refractivity contribution in [2.24, 2.45) is 0 Å². The van der Waals surface area contributed by atoms with Crippen LogP contribution in [0.3, 0.4) is 0 Å². The van der Waals surface area contributed by atoms with Gasteiger partial charge in [-0.3, -0.25) is 9.69 Å². The van der Waals surface area contributed by atoms with Crippen molar-refractivity contribution < 1.29 is 4.79 Å². The molecule has 0 atom stereocenters. The lowest BCUT2D eigenvalue weighted by molar-refractivity contribution is 0.0943. The molecule has 0 amide bonds. The van der Waals surface area contributed by atoms with Crippen molar-refractivity contribution in [3.8, 4) is 0 Å². The van der Waals surface area contributed by atoms with Crippen molar-refractivity contribution >= 4 is 44.9 Å². The van der Waals surface area contributed by atoms with E-state index in [-0.39, 0.29) is 12.3 Å². The van der Waals surface area contributed by atoms with E-state index in [1.165, 1.54) is 0 Å². The van der Waals surface area contributed by atoms with Gasteiger partial charge in [-0.05, 0) is 42.9 Å². The Balaban J connectivity index is 2.03. The third-order valence-electron chi connectivity index (χ3n) is 2.98. The van der Waals surface area contributed by atoms with Crippen LogP contribution in [-0.4, -0.2) is 24.3 Å². The van der Waals surface area contributed by atoms with Crippen LogP contribution in [0.2, 0.25) is 10.0 Å². The minimum absolute atomic E-state index is 0.0417. The zero-order chi connectivity index (χ0) is 15.4. The molecule has 0 radical (unpaired) electrons. The second kappa shape index (κ2) is 7.41. The molecule has 0 saturated heterocycles. The summed E-state index contributed by atoms with van der Waals surface area (Å²) in [6.45, 7) is 0.968. The molecule has 0 bridgehead atoms. The van der Waals surface area contributed by atoms with Crippen LogP contribution in [0, 0.1) is 0 Å². The van der Waals surface area contributed by atoms with E-state index in [0.717, 1.165) is 10.0 Å². The molecule has 5 heteroatoms. The van der Waals surface area contributed by atoms with E-state index < -0.39 is 0 Å². The lowest BCUT2D eigenvalue weighted by atomic mass is 10.1. The molecule has 0 aliphatic rings. The average molecular weight is 387 g/mol. The molecule has 0 spiro atoms. The molecule has 2 aromatic rings. The zero-order valence-electron chi connectivity index (χ0n) is 11.4. The molecule has 21 heavy (non-hydrogen) atoms. The van der Waals surface area contributed by atoms with E-state index in [2.05, 4.69) is 15.9 Å². The molecule has 0 unspecified atom stereocenters. The number of hydrogen-bond donors (Lipinski definition) is 0. The van der Waals surface area contributed by atoms with Crippen LogP contribution in [0.25, 0.3) is 0 Å². The highest BCUT2D eigenvalue weighted by molar-refractivity contribution is 9.10. The number of rotatable bonds is 5. The fraction of sp³-hybridized carbons (Fsp3) is 0.188. The van der Waals surface area contributed by atoms with Gasteiger partial charge in [-0.25, -0.2) is 0 Å². The summed E-state index contributed by atoms with van der Waals surface area (Å²) in [7, 11) is 1.90. The number of benzene rings is 2. The Morgan fingerprint density at radius 2 is 1.95 bits per heavy atom. The number of nitrogens with zero attached hydrogens (tertiary/aromatic N) is 1. The van der Waals surface area contributed by atoms with Crippen molar-refractivity contribution in [3.05, 3.63) is 68.1 Å². The molecule has 0 aliphatic heterocycles. The number of halogens is 3. The molecular formula is C16H14BrCl2NO. The predicted octanol–water partition coefficient (Wildman–Crippen LogP) is 5.07. The van der Waals surface area contributed by atoms with Gasteiger partial charge in [0.05, 0.1) is 11.6 Å². The monoisotopic (exact) mass is 385 g/mol. The number of Topliss-reactive ketones (excluding diaryl/α,β-unsaturated/α-hetero) is 1. The summed E-state index contributed by atoms with van der Waals surface area (Å²) < 4.78 is 1.03. The van der Waals surface area contributed by atoms with Gasteiger partial charge < -0.3 is 0 Å². The quantitative estimate of drug-likeness (QED) is 0.668. The van der Waals surface area contributed by atoms with Crippen LogP contribution in [0.5, 0.6) is 0 Å². The lowest BCUT2D eigenvalue weighted by Gasteiger charge is -2.16. The first-order valence-electron chi connectivity index (χ1n) is 6.37. The van der Waals surface area contributed by atoms with Crippen LogP contribution in [0.15, 0.2) is 46.9 Å².